The number of aromatic carboxylic acids is 1. The van der Waals surface area contributed by atoms with Gasteiger partial charge in [0.2, 0.25) is 0 Å². The van der Waals surface area contributed by atoms with Gasteiger partial charge >= 0.3 is 18.9 Å². The fourth-order valence-corrected chi connectivity index (χ4v) is 1.15. The smallest absolute Gasteiger partial charge is 0.541 e. The first-order valence-corrected chi connectivity index (χ1v) is 3.50. The Balaban J connectivity index is 0.000000845. The summed E-state index contributed by atoms with van der Waals surface area (Å²) < 4.78 is 6.55. The van der Waals surface area contributed by atoms with E-state index in [1.54, 1.807) is 0 Å². The van der Waals surface area contributed by atoms with Crippen LogP contribution in [0.25, 0.3) is 0 Å². The Morgan fingerprint density at radius 1 is 1.54 bits per heavy atom. The fourth-order valence-electron chi connectivity index (χ4n) is 1.15. The average Bonchev–Trinajstić information content (AvgIpc) is 2.47. The molecule has 0 atom stereocenters. The Kier molecular flexibility index (Phi) is 3.09. The second kappa shape index (κ2) is 3.92. The minimum absolute atomic E-state index is 0. The van der Waals surface area contributed by atoms with E-state index in [-0.39, 0.29) is 24.7 Å². The van der Waals surface area contributed by atoms with E-state index < -0.39 is 5.97 Å². The summed E-state index contributed by atoms with van der Waals surface area (Å²) in [5, 5.41) is 17.6. The number of hydrogen-bond acceptors (Lipinski definition) is 5. The molecule has 1 aliphatic rings. The zero-order valence-electron chi connectivity index (χ0n) is 7.19. The summed E-state index contributed by atoms with van der Waals surface area (Å²) >= 11 is 0. The number of rotatable bonds is 1. The van der Waals surface area contributed by atoms with Crippen molar-refractivity contribution in [2.75, 3.05) is 6.61 Å². The molecule has 0 aromatic carbocycles. The van der Waals surface area contributed by atoms with E-state index in [0.717, 1.165) is 0 Å². The van der Waals surface area contributed by atoms with Crippen LogP contribution in [0.4, 0.5) is 0 Å². The fraction of sp³-hybridized carbons (Fsp3) is 0.500. The number of carbonyl (C=O) groups is 1. The maximum Gasteiger partial charge on any atom is 1.00 e. The van der Waals surface area contributed by atoms with Crippen molar-refractivity contribution in [1.82, 2.24) is 14.8 Å². The molecule has 6 nitrogen and oxygen atoms in total. The first kappa shape index (κ1) is 10.2. The van der Waals surface area contributed by atoms with Crippen LogP contribution in [0.5, 0.6) is 0 Å². The summed E-state index contributed by atoms with van der Waals surface area (Å²) in [5.41, 5.74) is 0. The van der Waals surface area contributed by atoms with Gasteiger partial charge in [0.1, 0.15) is 12.6 Å². The predicted octanol–water partition coefficient (Wildman–Crippen LogP) is -4.82. The van der Waals surface area contributed by atoms with Crippen molar-refractivity contribution < 1.29 is 33.5 Å². The molecule has 1 aliphatic heterocycles. The number of nitrogens with zero attached hydrogens (tertiary/aromatic N) is 3. The molecule has 1 aromatic rings. The van der Waals surface area contributed by atoms with Crippen LogP contribution >= 0.6 is 0 Å². The van der Waals surface area contributed by atoms with Gasteiger partial charge in [-0.25, -0.2) is 0 Å². The molecule has 64 valence electrons. The molecule has 0 radical (unpaired) electrons. The van der Waals surface area contributed by atoms with Gasteiger partial charge in [-0.3, -0.25) is 0 Å². The second-order valence-corrected chi connectivity index (χ2v) is 2.43. The van der Waals surface area contributed by atoms with E-state index in [4.69, 9.17) is 4.74 Å². The molecule has 7 heteroatoms. The minimum Gasteiger partial charge on any atom is -0.541 e. The van der Waals surface area contributed by atoms with Crippen molar-refractivity contribution in [3.8, 4) is 0 Å². The van der Waals surface area contributed by atoms with Gasteiger partial charge in [0.25, 0.3) is 0 Å². The van der Waals surface area contributed by atoms with Crippen LogP contribution in [-0.4, -0.2) is 27.3 Å². The van der Waals surface area contributed by atoms with Crippen molar-refractivity contribution >= 4 is 5.97 Å². The molecule has 2 rings (SSSR count). The van der Waals surface area contributed by atoms with E-state index in [2.05, 4.69) is 10.2 Å². The van der Waals surface area contributed by atoms with Crippen molar-refractivity contribution in [2.24, 2.45) is 0 Å². The molecule has 0 unspecified atom stereocenters. The van der Waals surface area contributed by atoms with Gasteiger partial charge in [-0.1, -0.05) is 0 Å². The third-order valence-electron chi connectivity index (χ3n) is 1.70. The summed E-state index contributed by atoms with van der Waals surface area (Å²) in [7, 11) is 0. The Labute approximate surface area is 86.1 Å². The van der Waals surface area contributed by atoms with E-state index in [1.165, 1.54) is 4.57 Å². The summed E-state index contributed by atoms with van der Waals surface area (Å²) in [6, 6.07) is 0. The Morgan fingerprint density at radius 3 is 3.00 bits per heavy atom. The summed E-state index contributed by atoms with van der Waals surface area (Å²) in [5.74, 6) is -0.871. The van der Waals surface area contributed by atoms with Gasteiger partial charge in [-0.05, 0) is 0 Å². The van der Waals surface area contributed by atoms with Gasteiger partial charge in [-0.15, -0.1) is 10.2 Å². The molecular formula is C6H6LiN3O3. The van der Waals surface area contributed by atoms with E-state index in [9.17, 15) is 9.90 Å². The van der Waals surface area contributed by atoms with Gasteiger partial charge < -0.3 is 19.2 Å². The molecular weight excluding hydrogens is 169 g/mol. The first-order chi connectivity index (χ1) is 5.79. The van der Waals surface area contributed by atoms with Gasteiger partial charge in [0.15, 0.2) is 11.6 Å². The van der Waals surface area contributed by atoms with E-state index in [1.807, 2.05) is 0 Å². The van der Waals surface area contributed by atoms with E-state index >= 15 is 0 Å². The SMILES string of the molecule is O=C([O-])c1nnc2n1CCOC2.[Li+]. The van der Waals surface area contributed by atoms with E-state index in [0.29, 0.717) is 25.6 Å². The molecule has 0 N–H and O–H groups in total. The molecule has 0 aliphatic carbocycles. The summed E-state index contributed by atoms with van der Waals surface area (Å²) in [6.07, 6.45) is 0. The van der Waals surface area contributed by atoms with Crippen LogP contribution in [0, 0.1) is 0 Å². The zero-order chi connectivity index (χ0) is 8.55. The summed E-state index contributed by atoms with van der Waals surface area (Å²) in [6.45, 7) is 1.29. The quantitative estimate of drug-likeness (QED) is 0.400. The topological polar surface area (TPSA) is 80.1 Å². The van der Waals surface area contributed by atoms with Crippen molar-refractivity contribution in [3.63, 3.8) is 0 Å². The van der Waals surface area contributed by atoms with Crippen LogP contribution in [0.2, 0.25) is 0 Å². The van der Waals surface area contributed by atoms with Crippen LogP contribution in [0.1, 0.15) is 16.4 Å². The largest absolute Gasteiger partial charge is 1.00 e. The molecule has 0 amide bonds. The van der Waals surface area contributed by atoms with Crippen LogP contribution < -0.4 is 24.0 Å². The van der Waals surface area contributed by atoms with Gasteiger partial charge in [0.05, 0.1) is 6.61 Å². The molecule has 0 bridgehead atoms. The first-order valence-electron chi connectivity index (χ1n) is 3.50. The third kappa shape index (κ3) is 1.75. The Bertz CT molecular complexity index is 325. The predicted molar refractivity (Wildman–Crippen MR) is 34.0 cm³/mol. The number of carboxylic acid groups (broad SMARTS) is 1. The molecule has 2 heterocycles. The number of fused-ring (bicyclic) bond motifs is 1. The number of carbonyl (C=O) groups excluding carboxylic acids is 1. The van der Waals surface area contributed by atoms with Crippen LogP contribution in [0.3, 0.4) is 0 Å². The van der Waals surface area contributed by atoms with Crippen molar-refractivity contribution in [1.29, 1.82) is 0 Å². The molecule has 0 fully saturated rings. The van der Waals surface area contributed by atoms with Gasteiger partial charge in [0, 0.05) is 6.54 Å². The molecule has 0 spiro atoms. The van der Waals surface area contributed by atoms with Crippen LogP contribution in [0.15, 0.2) is 0 Å². The second-order valence-electron chi connectivity index (χ2n) is 2.43. The zero-order valence-corrected chi connectivity index (χ0v) is 7.19. The van der Waals surface area contributed by atoms with Crippen molar-refractivity contribution in [3.05, 3.63) is 11.6 Å². The Hall–Kier alpha value is -0.833. The molecule has 13 heavy (non-hydrogen) atoms. The van der Waals surface area contributed by atoms with Gasteiger partial charge in [-0.2, -0.15) is 0 Å². The minimum atomic E-state index is -1.30. The Morgan fingerprint density at radius 2 is 2.31 bits per heavy atom. The molecule has 1 aromatic heterocycles. The normalized spacial score (nSPS) is 14.5. The summed E-state index contributed by atoms with van der Waals surface area (Å²) in [4.78, 5) is 10.5. The monoisotopic (exact) mass is 175 g/mol. The number of aromatic nitrogens is 3. The molecule has 0 saturated heterocycles. The van der Waals surface area contributed by atoms with Crippen molar-refractivity contribution in [2.45, 2.75) is 13.2 Å². The maximum absolute atomic E-state index is 10.5. The number of carboxylic acids is 1. The third-order valence-corrected chi connectivity index (χ3v) is 1.70. The number of hydrogen-bond donors (Lipinski definition) is 0. The number of ether oxygens (including phenoxy) is 1. The van der Waals surface area contributed by atoms with Crippen LogP contribution in [-0.2, 0) is 17.9 Å². The average molecular weight is 175 g/mol. The molecule has 0 saturated carbocycles. The maximum atomic E-state index is 10.5. The standard InChI is InChI=1S/C6H7N3O3.Li/c10-6(11)5-8-7-4-3-12-2-1-9(4)5;/h1-3H2,(H,10,11);/q;+1/p-1.